The fourth-order valence-electron chi connectivity index (χ4n) is 1.54. The van der Waals surface area contributed by atoms with Crippen molar-refractivity contribution in [1.29, 1.82) is 0 Å². The van der Waals surface area contributed by atoms with Crippen LogP contribution in [0.3, 0.4) is 0 Å². The molecule has 0 amide bonds. The van der Waals surface area contributed by atoms with Crippen LogP contribution >= 0.6 is 0 Å². The Morgan fingerprint density at radius 1 is 1.31 bits per heavy atom. The van der Waals surface area contributed by atoms with Crippen molar-refractivity contribution >= 4 is 0 Å². The van der Waals surface area contributed by atoms with Crippen LogP contribution in [0.1, 0.15) is 43.9 Å². The Kier molecular flexibility index (Phi) is 3.97. The maximum atomic E-state index is 9.50. The predicted molar refractivity (Wildman–Crippen MR) is 55.7 cm³/mol. The van der Waals surface area contributed by atoms with Crippen molar-refractivity contribution in [2.45, 2.75) is 39.2 Å². The summed E-state index contributed by atoms with van der Waals surface area (Å²) in [5.74, 6) is 0. The van der Waals surface area contributed by atoms with Crippen molar-refractivity contribution < 1.29 is 5.11 Å². The summed E-state index contributed by atoms with van der Waals surface area (Å²) in [6, 6.07) is 8.14. The molecule has 0 saturated carbocycles. The first-order valence-corrected chi connectivity index (χ1v) is 5.01. The molecule has 0 aliphatic rings. The van der Waals surface area contributed by atoms with E-state index >= 15 is 0 Å². The van der Waals surface area contributed by atoms with Gasteiger partial charge in [0.25, 0.3) is 0 Å². The molecule has 0 unspecified atom stereocenters. The molecule has 1 aromatic carbocycles. The second-order valence-electron chi connectivity index (χ2n) is 3.48. The highest BCUT2D eigenvalue weighted by atomic mass is 16.3. The highest BCUT2D eigenvalue weighted by Crippen LogP contribution is 2.18. The van der Waals surface area contributed by atoms with Crippen molar-refractivity contribution in [3.63, 3.8) is 0 Å². The first kappa shape index (κ1) is 10.3. The summed E-state index contributed by atoms with van der Waals surface area (Å²) in [4.78, 5) is 0. The Hall–Kier alpha value is -0.820. The number of hydrogen-bond acceptors (Lipinski definition) is 1. The standard InChI is InChI=1S/C12H18O/c1-3-4-7-11-8-5-6-9-12(11)10(2)13/h5-6,8-10,13H,3-4,7H2,1-2H3/t10-/m0/s1. The van der Waals surface area contributed by atoms with E-state index in [1.165, 1.54) is 18.4 Å². The fraction of sp³-hybridized carbons (Fsp3) is 0.500. The summed E-state index contributed by atoms with van der Waals surface area (Å²) in [7, 11) is 0. The van der Waals surface area contributed by atoms with Gasteiger partial charge in [0.15, 0.2) is 0 Å². The highest BCUT2D eigenvalue weighted by Gasteiger charge is 2.05. The first-order valence-electron chi connectivity index (χ1n) is 5.01. The van der Waals surface area contributed by atoms with Crippen LogP contribution in [0.4, 0.5) is 0 Å². The number of aryl methyl sites for hydroxylation is 1. The van der Waals surface area contributed by atoms with E-state index in [2.05, 4.69) is 13.0 Å². The summed E-state index contributed by atoms with van der Waals surface area (Å²) < 4.78 is 0. The molecule has 0 saturated heterocycles. The van der Waals surface area contributed by atoms with Crippen LogP contribution in [0.15, 0.2) is 24.3 Å². The van der Waals surface area contributed by atoms with Crippen LogP contribution in [0.2, 0.25) is 0 Å². The van der Waals surface area contributed by atoms with Crippen LogP contribution in [0, 0.1) is 0 Å². The zero-order chi connectivity index (χ0) is 9.68. The van der Waals surface area contributed by atoms with Gasteiger partial charge >= 0.3 is 0 Å². The minimum atomic E-state index is -0.340. The van der Waals surface area contributed by atoms with Gasteiger partial charge in [0, 0.05) is 0 Å². The van der Waals surface area contributed by atoms with Crippen LogP contribution in [-0.4, -0.2) is 5.11 Å². The molecule has 0 aliphatic carbocycles. The molecule has 0 radical (unpaired) electrons. The zero-order valence-electron chi connectivity index (χ0n) is 8.46. The summed E-state index contributed by atoms with van der Waals surface area (Å²) in [6.45, 7) is 4.01. The largest absolute Gasteiger partial charge is 0.389 e. The number of aliphatic hydroxyl groups is 1. The van der Waals surface area contributed by atoms with Crippen LogP contribution in [0.5, 0.6) is 0 Å². The van der Waals surface area contributed by atoms with Crippen LogP contribution in [-0.2, 0) is 6.42 Å². The molecule has 0 aromatic heterocycles. The maximum Gasteiger partial charge on any atom is 0.0764 e. The van der Waals surface area contributed by atoms with Crippen molar-refractivity contribution in [2.24, 2.45) is 0 Å². The monoisotopic (exact) mass is 178 g/mol. The summed E-state index contributed by atoms with van der Waals surface area (Å²) in [6.07, 6.45) is 3.14. The van der Waals surface area contributed by atoms with Gasteiger partial charge in [-0.25, -0.2) is 0 Å². The molecule has 0 bridgehead atoms. The van der Waals surface area contributed by atoms with Crippen molar-refractivity contribution in [3.8, 4) is 0 Å². The second kappa shape index (κ2) is 5.03. The van der Waals surface area contributed by atoms with Gasteiger partial charge in [0.05, 0.1) is 6.10 Å². The number of hydrogen-bond donors (Lipinski definition) is 1. The van der Waals surface area contributed by atoms with Gasteiger partial charge < -0.3 is 5.11 Å². The predicted octanol–water partition coefficient (Wildman–Crippen LogP) is 3.08. The van der Waals surface area contributed by atoms with E-state index in [0.29, 0.717) is 0 Å². The topological polar surface area (TPSA) is 20.2 Å². The quantitative estimate of drug-likeness (QED) is 0.751. The Morgan fingerprint density at radius 3 is 2.62 bits per heavy atom. The third-order valence-corrected chi connectivity index (χ3v) is 2.30. The van der Waals surface area contributed by atoms with Gasteiger partial charge in [-0.05, 0) is 30.9 Å². The molecule has 0 spiro atoms. The Bertz CT molecular complexity index is 253. The molecule has 0 fully saturated rings. The van der Waals surface area contributed by atoms with Crippen LogP contribution in [0.25, 0.3) is 0 Å². The van der Waals surface area contributed by atoms with Gasteiger partial charge in [-0.15, -0.1) is 0 Å². The minimum absolute atomic E-state index is 0.340. The molecule has 1 N–H and O–H groups in total. The van der Waals surface area contributed by atoms with Gasteiger partial charge in [0.1, 0.15) is 0 Å². The van der Waals surface area contributed by atoms with E-state index in [1.807, 2.05) is 25.1 Å². The Labute approximate surface area is 80.4 Å². The number of benzene rings is 1. The van der Waals surface area contributed by atoms with Gasteiger partial charge in [0.2, 0.25) is 0 Å². The van der Waals surface area contributed by atoms with Crippen molar-refractivity contribution in [2.75, 3.05) is 0 Å². The van der Waals surface area contributed by atoms with Crippen molar-refractivity contribution in [3.05, 3.63) is 35.4 Å². The molecule has 1 atom stereocenters. The Balaban J connectivity index is 2.78. The van der Waals surface area contributed by atoms with Crippen LogP contribution < -0.4 is 0 Å². The lowest BCUT2D eigenvalue weighted by Crippen LogP contribution is -1.97. The lowest BCUT2D eigenvalue weighted by molar-refractivity contribution is 0.198. The number of rotatable bonds is 4. The maximum absolute atomic E-state index is 9.50. The molecular formula is C12H18O. The molecule has 0 heterocycles. The zero-order valence-corrected chi connectivity index (χ0v) is 8.46. The third kappa shape index (κ3) is 2.85. The van der Waals surface area contributed by atoms with E-state index in [4.69, 9.17) is 0 Å². The fourth-order valence-corrected chi connectivity index (χ4v) is 1.54. The van der Waals surface area contributed by atoms with Crippen molar-refractivity contribution in [1.82, 2.24) is 0 Å². The number of aliphatic hydroxyl groups excluding tert-OH is 1. The average Bonchev–Trinajstić information content (AvgIpc) is 2.15. The lowest BCUT2D eigenvalue weighted by atomic mass is 9.99. The molecule has 1 nitrogen and oxygen atoms in total. The summed E-state index contributed by atoms with van der Waals surface area (Å²) in [5.41, 5.74) is 2.37. The Morgan fingerprint density at radius 2 is 2.00 bits per heavy atom. The van der Waals surface area contributed by atoms with Gasteiger partial charge in [-0.1, -0.05) is 37.6 Å². The third-order valence-electron chi connectivity index (χ3n) is 2.30. The summed E-state index contributed by atoms with van der Waals surface area (Å²) in [5, 5.41) is 9.50. The lowest BCUT2D eigenvalue weighted by Gasteiger charge is -2.10. The highest BCUT2D eigenvalue weighted by molar-refractivity contribution is 5.28. The average molecular weight is 178 g/mol. The van der Waals surface area contributed by atoms with Gasteiger partial charge in [-0.2, -0.15) is 0 Å². The van der Waals surface area contributed by atoms with E-state index in [0.717, 1.165) is 12.0 Å². The molecular weight excluding hydrogens is 160 g/mol. The molecule has 0 aliphatic heterocycles. The number of unbranched alkanes of at least 4 members (excludes halogenated alkanes) is 1. The van der Waals surface area contributed by atoms with Gasteiger partial charge in [-0.3, -0.25) is 0 Å². The normalized spacial score (nSPS) is 12.8. The molecule has 1 aromatic rings. The van der Waals surface area contributed by atoms with E-state index in [1.54, 1.807) is 0 Å². The first-order chi connectivity index (χ1) is 6.25. The molecule has 1 rings (SSSR count). The van der Waals surface area contributed by atoms with E-state index in [-0.39, 0.29) is 6.10 Å². The summed E-state index contributed by atoms with van der Waals surface area (Å²) >= 11 is 0. The molecule has 1 heteroatoms. The molecule has 72 valence electrons. The smallest absolute Gasteiger partial charge is 0.0764 e. The van der Waals surface area contributed by atoms with E-state index < -0.39 is 0 Å². The SMILES string of the molecule is CCCCc1ccccc1[C@H](C)O. The second-order valence-corrected chi connectivity index (χ2v) is 3.48. The van der Waals surface area contributed by atoms with E-state index in [9.17, 15) is 5.11 Å². The minimum Gasteiger partial charge on any atom is -0.389 e. The molecule has 13 heavy (non-hydrogen) atoms.